The molecule has 2 N–H and O–H groups in total. The summed E-state index contributed by atoms with van der Waals surface area (Å²) in [7, 11) is 3.31. The maximum atomic E-state index is 5.27. The number of nitrogens with one attached hydrogen (secondary N) is 2. The average molecular weight is 209 g/mol. The summed E-state index contributed by atoms with van der Waals surface area (Å²) in [5.41, 5.74) is 0.982. The van der Waals surface area contributed by atoms with Gasteiger partial charge in [0.05, 0.1) is 18.9 Å². The molecule has 0 saturated carbocycles. The quantitative estimate of drug-likeness (QED) is 0.759. The summed E-state index contributed by atoms with van der Waals surface area (Å²) in [6.07, 6.45) is 0.158. The monoisotopic (exact) mass is 209 g/mol. The van der Waals surface area contributed by atoms with E-state index >= 15 is 0 Å². The fourth-order valence-corrected chi connectivity index (χ4v) is 1.51. The third-order valence-corrected chi connectivity index (χ3v) is 2.43. The molecule has 0 radical (unpaired) electrons. The van der Waals surface area contributed by atoms with E-state index in [9.17, 15) is 0 Å². The molecule has 1 atom stereocenters. The van der Waals surface area contributed by atoms with Crippen molar-refractivity contribution < 1.29 is 9.47 Å². The molecule has 1 aromatic heterocycles. The molecule has 0 aromatic carbocycles. The van der Waals surface area contributed by atoms with Gasteiger partial charge in [-0.05, 0) is 6.07 Å². The predicted octanol–water partition coefficient (Wildman–Crippen LogP) is 0.943. The molecule has 5 nitrogen and oxygen atoms in total. The maximum absolute atomic E-state index is 5.27. The summed E-state index contributed by atoms with van der Waals surface area (Å²) in [5.74, 6) is 1.42. The second-order valence-corrected chi connectivity index (χ2v) is 3.37. The van der Waals surface area contributed by atoms with Gasteiger partial charge in [0, 0.05) is 26.3 Å². The highest BCUT2D eigenvalue weighted by Crippen LogP contribution is 2.24. The second kappa shape index (κ2) is 4.35. The van der Waals surface area contributed by atoms with Gasteiger partial charge in [0.1, 0.15) is 0 Å². The van der Waals surface area contributed by atoms with E-state index in [-0.39, 0.29) is 6.10 Å². The molecule has 0 saturated heterocycles. The molecule has 5 heteroatoms. The molecule has 1 unspecified atom stereocenters. The Balaban J connectivity index is 2.20. The molecule has 0 spiro atoms. The molecule has 15 heavy (non-hydrogen) atoms. The van der Waals surface area contributed by atoms with E-state index in [1.165, 1.54) is 0 Å². The number of methoxy groups -OCH3 is 2. The lowest BCUT2D eigenvalue weighted by atomic mass is 10.3. The van der Waals surface area contributed by atoms with Crippen molar-refractivity contribution in [1.82, 2.24) is 4.98 Å². The van der Waals surface area contributed by atoms with Crippen LogP contribution < -0.4 is 15.4 Å². The van der Waals surface area contributed by atoms with Crippen LogP contribution in [-0.4, -0.2) is 38.4 Å². The standard InChI is InChI=1S/C10H15N3O2/c1-14-7-5-11-8-3-4-9(15-2)13-10(8)12-6-7/h3-4,7,11H,5-6H2,1-2H3,(H,12,13). The number of ether oxygens (including phenoxy) is 2. The molecule has 1 aromatic rings. The third-order valence-electron chi connectivity index (χ3n) is 2.43. The van der Waals surface area contributed by atoms with Crippen molar-refractivity contribution in [3.05, 3.63) is 12.1 Å². The van der Waals surface area contributed by atoms with Crippen molar-refractivity contribution in [3.8, 4) is 5.88 Å². The van der Waals surface area contributed by atoms with Gasteiger partial charge >= 0.3 is 0 Å². The number of rotatable bonds is 2. The highest BCUT2D eigenvalue weighted by Gasteiger charge is 2.15. The highest BCUT2D eigenvalue weighted by molar-refractivity contribution is 5.66. The molecule has 0 bridgehead atoms. The first-order valence-corrected chi connectivity index (χ1v) is 4.89. The Labute approximate surface area is 88.8 Å². The van der Waals surface area contributed by atoms with Crippen LogP contribution in [0.15, 0.2) is 12.1 Å². The van der Waals surface area contributed by atoms with Gasteiger partial charge in [-0.1, -0.05) is 0 Å². The van der Waals surface area contributed by atoms with Crippen LogP contribution in [0.3, 0.4) is 0 Å². The minimum atomic E-state index is 0.158. The zero-order valence-electron chi connectivity index (χ0n) is 8.91. The van der Waals surface area contributed by atoms with Crippen molar-refractivity contribution in [2.75, 3.05) is 37.9 Å². The highest BCUT2D eigenvalue weighted by atomic mass is 16.5. The molecule has 2 rings (SSSR count). The van der Waals surface area contributed by atoms with E-state index in [1.54, 1.807) is 14.2 Å². The lowest BCUT2D eigenvalue weighted by Crippen LogP contribution is -2.26. The number of anilines is 2. The Morgan fingerprint density at radius 2 is 2.07 bits per heavy atom. The summed E-state index contributed by atoms with van der Waals surface area (Å²) >= 11 is 0. The average Bonchev–Trinajstić information content (AvgIpc) is 2.50. The first-order chi connectivity index (χ1) is 7.33. The number of aromatic nitrogens is 1. The summed E-state index contributed by atoms with van der Waals surface area (Å²) < 4.78 is 10.3. The SMILES string of the molecule is COc1ccc2c(n1)NCC(OC)CN2. The van der Waals surface area contributed by atoms with Gasteiger partial charge in [-0.2, -0.15) is 4.98 Å². The van der Waals surface area contributed by atoms with Crippen molar-refractivity contribution >= 4 is 11.5 Å². The van der Waals surface area contributed by atoms with Gasteiger partial charge in [-0.3, -0.25) is 0 Å². The Bertz CT molecular complexity index is 343. The fraction of sp³-hybridized carbons (Fsp3) is 0.500. The van der Waals surface area contributed by atoms with Gasteiger partial charge in [0.25, 0.3) is 0 Å². The minimum Gasteiger partial charge on any atom is -0.481 e. The van der Waals surface area contributed by atoms with Crippen molar-refractivity contribution in [2.24, 2.45) is 0 Å². The number of pyridine rings is 1. The second-order valence-electron chi connectivity index (χ2n) is 3.37. The van der Waals surface area contributed by atoms with Crippen molar-refractivity contribution in [3.63, 3.8) is 0 Å². The summed E-state index contributed by atoms with van der Waals surface area (Å²) in [6.45, 7) is 1.53. The van der Waals surface area contributed by atoms with Crippen LogP contribution in [0.2, 0.25) is 0 Å². The molecule has 0 fully saturated rings. The van der Waals surface area contributed by atoms with Crippen LogP contribution in [-0.2, 0) is 4.74 Å². The van der Waals surface area contributed by atoms with Gasteiger partial charge in [0.15, 0.2) is 5.82 Å². The van der Waals surface area contributed by atoms with Crippen LogP contribution in [0.5, 0.6) is 5.88 Å². The molecular formula is C10H15N3O2. The van der Waals surface area contributed by atoms with E-state index in [0.717, 1.165) is 24.6 Å². The lowest BCUT2D eigenvalue weighted by Gasteiger charge is -2.11. The van der Waals surface area contributed by atoms with Gasteiger partial charge in [0.2, 0.25) is 5.88 Å². The fourth-order valence-electron chi connectivity index (χ4n) is 1.51. The molecule has 1 aliphatic heterocycles. The summed E-state index contributed by atoms with van der Waals surface area (Å²) in [5, 5.41) is 6.49. The minimum absolute atomic E-state index is 0.158. The van der Waals surface area contributed by atoms with E-state index in [0.29, 0.717) is 5.88 Å². The Morgan fingerprint density at radius 3 is 2.80 bits per heavy atom. The molecule has 0 aliphatic carbocycles. The largest absolute Gasteiger partial charge is 0.481 e. The third kappa shape index (κ3) is 2.12. The van der Waals surface area contributed by atoms with Gasteiger partial charge in [-0.15, -0.1) is 0 Å². The normalized spacial score (nSPS) is 19.5. The zero-order chi connectivity index (χ0) is 10.7. The topological polar surface area (TPSA) is 55.4 Å². The molecule has 2 heterocycles. The molecule has 1 aliphatic rings. The van der Waals surface area contributed by atoms with Crippen molar-refractivity contribution in [1.29, 1.82) is 0 Å². The number of fused-ring (bicyclic) bond motifs is 1. The first-order valence-electron chi connectivity index (χ1n) is 4.89. The van der Waals surface area contributed by atoms with Crippen molar-refractivity contribution in [2.45, 2.75) is 6.10 Å². The number of hydrogen-bond donors (Lipinski definition) is 2. The smallest absolute Gasteiger partial charge is 0.215 e. The molecular weight excluding hydrogens is 194 g/mol. The summed E-state index contributed by atoms with van der Waals surface area (Å²) in [4.78, 5) is 4.31. The van der Waals surface area contributed by atoms with Gasteiger partial charge in [-0.25, -0.2) is 0 Å². The van der Waals surface area contributed by atoms with E-state index in [2.05, 4.69) is 15.6 Å². The lowest BCUT2D eigenvalue weighted by molar-refractivity contribution is 0.124. The van der Waals surface area contributed by atoms with Crippen LogP contribution in [0.25, 0.3) is 0 Å². The van der Waals surface area contributed by atoms with Gasteiger partial charge < -0.3 is 20.1 Å². The van der Waals surface area contributed by atoms with Crippen LogP contribution >= 0.6 is 0 Å². The summed E-state index contributed by atoms with van der Waals surface area (Å²) in [6, 6.07) is 3.78. The van der Waals surface area contributed by atoms with E-state index in [1.807, 2.05) is 12.1 Å². The van der Waals surface area contributed by atoms with E-state index < -0.39 is 0 Å². The first kappa shape index (κ1) is 10.0. The number of hydrogen-bond acceptors (Lipinski definition) is 5. The molecule has 0 amide bonds. The predicted molar refractivity (Wildman–Crippen MR) is 58.6 cm³/mol. The zero-order valence-corrected chi connectivity index (χ0v) is 8.91. The number of nitrogens with zero attached hydrogens (tertiary/aromatic N) is 1. The Kier molecular flexibility index (Phi) is 2.91. The van der Waals surface area contributed by atoms with Crippen LogP contribution in [0, 0.1) is 0 Å². The Morgan fingerprint density at radius 1 is 1.27 bits per heavy atom. The Hall–Kier alpha value is -1.49. The maximum Gasteiger partial charge on any atom is 0.215 e. The molecule has 82 valence electrons. The van der Waals surface area contributed by atoms with E-state index in [4.69, 9.17) is 9.47 Å². The van der Waals surface area contributed by atoms with Crippen LogP contribution in [0.4, 0.5) is 11.5 Å². The van der Waals surface area contributed by atoms with Crippen LogP contribution in [0.1, 0.15) is 0 Å².